The van der Waals surface area contributed by atoms with E-state index in [4.69, 9.17) is 0 Å². The highest BCUT2D eigenvalue weighted by Crippen LogP contribution is 2.16. The van der Waals surface area contributed by atoms with Crippen LogP contribution in [-0.4, -0.2) is 19.0 Å². The lowest BCUT2D eigenvalue weighted by atomic mass is 10.3. The van der Waals surface area contributed by atoms with Crippen molar-refractivity contribution in [2.24, 2.45) is 0 Å². The van der Waals surface area contributed by atoms with Crippen LogP contribution in [0.25, 0.3) is 0 Å². The molecule has 0 aliphatic heterocycles. The molecule has 0 bridgehead atoms. The monoisotopic (exact) mass is 246 g/mol. The van der Waals surface area contributed by atoms with Crippen LogP contribution in [0.2, 0.25) is 0 Å². The lowest BCUT2D eigenvalue weighted by Crippen LogP contribution is -2.30. The maximum Gasteiger partial charge on any atom is 0.239 e. The molecule has 0 spiro atoms. The first kappa shape index (κ1) is 13.3. The van der Waals surface area contributed by atoms with E-state index in [-0.39, 0.29) is 18.1 Å². The highest BCUT2D eigenvalue weighted by atomic mass is 19.2. The third-order valence-electron chi connectivity index (χ3n) is 2.01. The van der Waals surface area contributed by atoms with Crippen LogP contribution < -0.4 is 10.6 Å². The highest BCUT2D eigenvalue weighted by Gasteiger charge is 2.10. The Morgan fingerprint density at radius 3 is 2.35 bits per heavy atom. The van der Waals surface area contributed by atoms with Gasteiger partial charge in [0.05, 0.1) is 6.54 Å². The van der Waals surface area contributed by atoms with Gasteiger partial charge in [-0.25, -0.2) is 13.2 Å². The van der Waals surface area contributed by atoms with Crippen LogP contribution in [-0.2, 0) is 4.79 Å². The number of nitrogens with one attached hydrogen (secondary N) is 2. The number of amides is 1. The number of rotatable bonds is 5. The molecule has 1 rings (SSSR count). The number of carbonyl (C=O) groups is 1. The third kappa shape index (κ3) is 3.97. The summed E-state index contributed by atoms with van der Waals surface area (Å²) in [6.07, 6.45) is 0.797. The lowest BCUT2D eigenvalue weighted by molar-refractivity contribution is -0.119. The SMILES string of the molecule is CCCNC(=O)CNc1cc(F)c(F)c(F)c1. The molecule has 0 radical (unpaired) electrons. The summed E-state index contributed by atoms with van der Waals surface area (Å²) in [5.74, 6) is -4.40. The summed E-state index contributed by atoms with van der Waals surface area (Å²) in [5.41, 5.74) is 0.0213. The van der Waals surface area contributed by atoms with Crippen molar-refractivity contribution in [3.63, 3.8) is 0 Å². The number of anilines is 1. The van der Waals surface area contributed by atoms with Crippen LogP contribution in [0.5, 0.6) is 0 Å². The number of benzene rings is 1. The molecule has 0 unspecified atom stereocenters. The van der Waals surface area contributed by atoms with E-state index in [1.165, 1.54) is 0 Å². The minimum atomic E-state index is -1.52. The quantitative estimate of drug-likeness (QED) is 0.781. The molecule has 0 heterocycles. The molecule has 1 aromatic carbocycles. The second kappa shape index (κ2) is 6.12. The summed E-state index contributed by atoms with van der Waals surface area (Å²) in [6.45, 7) is 2.32. The zero-order valence-electron chi connectivity index (χ0n) is 9.32. The minimum Gasteiger partial charge on any atom is -0.376 e. The van der Waals surface area contributed by atoms with Crippen molar-refractivity contribution in [2.75, 3.05) is 18.4 Å². The smallest absolute Gasteiger partial charge is 0.239 e. The van der Waals surface area contributed by atoms with Crippen LogP contribution in [0.15, 0.2) is 12.1 Å². The highest BCUT2D eigenvalue weighted by molar-refractivity contribution is 5.80. The molecule has 6 heteroatoms. The molecule has 0 atom stereocenters. The summed E-state index contributed by atoms with van der Waals surface area (Å²) in [6, 6.07) is 1.59. The van der Waals surface area contributed by atoms with E-state index in [9.17, 15) is 18.0 Å². The van der Waals surface area contributed by atoms with Gasteiger partial charge in [-0.2, -0.15) is 0 Å². The van der Waals surface area contributed by atoms with Crippen molar-refractivity contribution >= 4 is 11.6 Å². The maximum atomic E-state index is 12.8. The van der Waals surface area contributed by atoms with Crippen molar-refractivity contribution in [1.29, 1.82) is 0 Å². The molecular formula is C11H13F3N2O. The molecular weight excluding hydrogens is 233 g/mol. The normalized spacial score (nSPS) is 10.1. The standard InChI is InChI=1S/C11H13F3N2O/c1-2-3-15-10(17)6-16-7-4-8(12)11(14)9(13)5-7/h4-5,16H,2-3,6H2,1H3,(H,15,17). The van der Waals surface area contributed by atoms with Gasteiger partial charge in [0.2, 0.25) is 5.91 Å². The van der Waals surface area contributed by atoms with Crippen molar-refractivity contribution in [2.45, 2.75) is 13.3 Å². The van der Waals surface area contributed by atoms with Crippen LogP contribution in [0, 0.1) is 17.5 Å². The van der Waals surface area contributed by atoms with Crippen LogP contribution in [0.1, 0.15) is 13.3 Å². The van der Waals surface area contributed by atoms with Crippen LogP contribution in [0.3, 0.4) is 0 Å². The molecule has 1 aromatic rings. The Labute approximate surface area is 97.0 Å². The Bertz CT molecular complexity index is 387. The summed E-state index contributed by atoms with van der Waals surface area (Å²) in [4.78, 5) is 11.2. The fourth-order valence-corrected chi connectivity index (χ4v) is 1.17. The summed E-state index contributed by atoms with van der Waals surface area (Å²) >= 11 is 0. The van der Waals surface area contributed by atoms with Gasteiger partial charge in [0.1, 0.15) is 0 Å². The number of carbonyl (C=O) groups excluding carboxylic acids is 1. The van der Waals surface area contributed by atoms with E-state index in [0.717, 1.165) is 18.6 Å². The topological polar surface area (TPSA) is 41.1 Å². The average molecular weight is 246 g/mol. The Kier molecular flexibility index (Phi) is 4.81. The molecule has 94 valence electrons. The molecule has 2 N–H and O–H groups in total. The number of hydrogen-bond donors (Lipinski definition) is 2. The van der Waals surface area contributed by atoms with Gasteiger partial charge in [-0.3, -0.25) is 4.79 Å². The van der Waals surface area contributed by atoms with Gasteiger partial charge in [0.15, 0.2) is 17.5 Å². The second-order valence-electron chi connectivity index (χ2n) is 3.46. The molecule has 0 aromatic heterocycles. The van der Waals surface area contributed by atoms with Gasteiger partial charge in [-0.1, -0.05) is 6.92 Å². The number of halogens is 3. The maximum absolute atomic E-state index is 12.8. The first-order valence-corrected chi connectivity index (χ1v) is 5.19. The predicted octanol–water partition coefficient (Wildman–Crippen LogP) is 2.04. The molecule has 0 aliphatic rings. The van der Waals surface area contributed by atoms with Crippen molar-refractivity contribution < 1.29 is 18.0 Å². The molecule has 3 nitrogen and oxygen atoms in total. The molecule has 0 saturated heterocycles. The number of hydrogen-bond acceptors (Lipinski definition) is 2. The average Bonchev–Trinajstić information content (AvgIpc) is 2.30. The van der Waals surface area contributed by atoms with Crippen LogP contribution >= 0.6 is 0 Å². The largest absolute Gasteiger partial charge is 0.376 e. The molecule has 17 heavy (non-hydrogen) atoms. The van der Waals surface area contributed by atoms with Gasteiger partial charge in [-0.15, -0.1) is 0 Å². The van der Waals surface area contributed by atoms with Gasteiger partial charge in [-0.05, 0) is 6.42 Å². The first-order valence-electron chi connectivity index (χ1n) is 5.19. The zero-order valence-corrected chi connectivity index (χ0v) is 9.32. The van der Waals surface area contributed by atoms with E-state index < -0.39 is 17.5 Å². The third-order valence-corrected chi connectivity index (χ3v) is 2.01. The Morgan fingerprint density at radius 1 is 1.24 bits per heavy atom. The van der Waals surface area contributed by atoms with E-state index in [0.29, 0.717) is 6.54 Å². The van der Waals surface area contributed by atoms with Crippen molar-refractivity contribution in [3.8, 4) is 0 Å². The van der Waals surface area contributed by atoms with E-state index in [2.05, 4.69) is 10.6 Å². The fraction of sp³-hybridized carbons (Fsp3) is 0.364. The predicted molar refractivity (Wildman–Crippen MR) is 58.1 cm³/mol. The van der Waals surface area contributed by atoms with Crippen molar-refractivity contribution in [1.82, 2.24) is 5.32 Å². The van der Waals surface area contributed by atoms with Crippen LogP contribution in [0.4, 0.5) is 18.9 Å². The summed E-state index contributed by atoms with van der Waals surface area (Å²) in [7, 11) is 0. The van der Waals surface area contributed by atoms with Gasteiger partial charge in [0.25, 0.3) is 0 Å². The summed E-state index contributed by atoms with van der Waals surface area (Å²) in [5, 5.41) is 5.08. The minimum absolute atomic E-state index is 0.0213. The molecule has 0 aliphatic carbocycles. The Hall–Kier alpha value is -1.72. The lowest BCUT2D eigenvalue weighted by Gasteiger charge is -2.07. The molecule has 0 fully saturated rings. The zero-order chi connectivity index (χ0) is 12.8. The van der Waals surface area contributed by atoms with E-state index in [1.807, 2.05) is 6.92 Å². The van der Waals surface area contributed by atoms with E-state index >= 15 is 0 Å². The molecule has 1 amide bonds. The van der Waals surface area contributed by atoms with Gasteiger partial charge < -0.3 is 10.6 Å². The van der Waals surface area contributed by atoms with Crippen molar-refractivity contribution in [3.05, 3.63) is 29.6 Å². The van der Waals surface area contributed by atoms with E-state index in [1.54, 1.807) is 0 Å². The Morgan fingerprint density at radius 2 is 1.82 bits per heavy atom. The first-order chi connectivity index (χ1) is 8.04. The van der Waals surface area contributed by atoms with Gasteiger partial charge >= 0.3 is 0 Å². The fourth-order valence-electron chi connectivity index (χ4n) is 1.17. The van der Waals surface area contributed by atoms with Gasteiger partial charge in [0, 0.05) is 24.4 Å². The molecule has 0 saturated carbocycles. The summed E-state index contributed by atoms with van der Waals surface area (Å²) < 4.78 is 38.2. The Balaban J connectivity index is 2.55. The second-order valence-corrected chi connectivity index (χ2v) is 3.46.